The highest BCUT2D eigenvalue weighted by Gasteiger charge is 2.03. The highest BCUT2D eigenvalue weighted by Crippen LogP contribution is 2.27. The highest BCUT2D eigenvalue weighted by molar-refractivity contribution is 5.67. The van der Waals surface area contributed by atoms with Gasteiger partial charge < -0.3 is 9.84 Å². The second-order valence-electron chi connectivity index (χ2n) is 3.57. The molecule has 0 aliphatic carbocycles. The van der Waals surface area contributed by atoms with Crippen LogP contribution in [0.25, 0.3) is 11.1 Å². The Bertz CT molecular complexity index is 568. The number of benzene rings is 2. The van der Waals surface area contributed by atoms with E-state index in [-0.39, 0.29) is 11.3 Å². The van der Waals surface area contributed by atoms with E-state index in [1.54, 1.807) is 25.3 Å². The van der Waals surface area contributed by atoms with Crippen molar-refractivity contribution in [2.45, 2.75) is 0 Å². The molecule has 2 aromatic rings. The molecule has 0 fully saturated rings. The SMILES string of the molecule is COc1ccc(-c2ccc(C#N)c(O)c2)cc1. The maximum atomic E-state index is 9.61. The zero-order chi connectivity index (χ0) is 12.3. The van der Waals surface area contributed by atoms with Crippen molar-refractivity contribution in [2.24, 2.45) is 0 Å². The van der Waals surface area contributed by atoms with Crippen molar-refractivity contribution in [2.75, 3.05) is 7.11 Å². The Labute approximate surface area is 99.5 Å². The first-order valence-corrected chi connectivity index (χ1v) is 5.12. The fraction of sp³-hybridized carbons (Fsp3) is 0.0714. The molecule has 0 spiro atoms. The Morgan fingerprint density at radius 1 is 1.06 bits per heavy atom. The van der Waals surface area contributed by atoms with Crippen molar-refractivity contribution in [3.05, 3.63) is 48.0 Å². The second kappa shape index (κ2) is 4.58. The van der Waals surface area contributed by atoms with Gasteiger partial charge in [-0.3, -0.25) is 0 Å². The summed E-state index contributed by atoms with van der Waals surface area (Å²) in [6, 6.07) is 14.4. The van der Waals surface area contributed by atoms with Gasteiger partial charge in [-0.05, 0) is 35.4 Å². The summed E-state index contributed by atoms with van der Waals surface area (Å²) in [5, 5.41) is 18.3. The normalized spacial score (nSPS) is 9.65. The Morgan fingerprint density at radius 2 is 1.71 bits per heavy atom. The predicted octanol–water partition coefficient (Wildman–Crippen LogP) is 2.94. The lowest BCUT2D eigenvalue weighted by atomic mass is 10.0. The van der Waals surface area contributed by atoms with Gasteiger partial charge in [0.05, 0.1) is 12.7 Å². The molecule has 0 aliphatic rings. The maximum absolute atomic E-state index is 9.61. The number of aromatic hydroxyl groups is 1. The topological polar surface area (TPSA) is 53.2 Å². The number of rotatable bonds is 2. The average Bonchev–Trinajstić information content (AvgIpc) is 2.39. The van der Waals surface area contributed by atoms with Crippen LogP contribution in [0.15, 0.2) is 42.5 Å². The molecular formula is C14H11NO2. The van der Waals surface area contributed by atoms with Crippen LogP contribution in [0.1, 0.15) is 5.56 Å². The molecule has 2 rings (SSSR count). The third-order valence-corrected chi connectivity index (χ3v) is 2.54. The molecule has 3 heteroatoms. The summed E-state index contributed by atoms with van der Waals surface area (Å²) in [5.74, 6) is 0.785. The first kappa shape index (κ1) is 11.0. The molecule has 0 heterocycles. The summed E-state index contributed by atoms with van der Waals surface area (Å²) in [7, 11) is 1.61. The fourth-order valence-corrected chi connectivity index (χ4v) is 1.59. The minimum Gasteiger partial charge on any atom is -0.507 e. The van der Waals surface area contributed by atoms with Crippen LogP contribution < -0.4 is 4.74 Å². The van der Waals surface area contributed by atoms with Gasteiger partial charge in [0.25, 0.3) is 0 Å². The van der Waals surface area contributed by atoms with Crippen LogP contribution in [-0.2, 0) is 0 Å². The van der Waals surface area contributed by atoms with Gasteiger partial charge in [0.1, 0.15) is 17.6 Å². The third-order valence-electron chi connectivity index (χ3n) is 2.54. The van der Waals surface area contributed by atoms with Crippen molar-refractivity contribution in [1.82, 2.24) is 0 Å². The summed E-state index contributed by atoms with van der Waals surface area (Å²) in [6.07, 6.45) is 0. The molecule has 0 saturated carbocycles. The second-order valence-corrected chi connectivity index (χ2v) is 3.57. The van der Waals surface area contributed by atoms with E-state index in [1.807, 2.05) is 30.3 Å². The van der Waals surface area contributed by atoms with Crippen LogP contribution in [0.3, 0.4) is 0 Å². The van der Waals surface area contributed by atoms with E-state index < -0.39 is 0 Å². The molecule has 0 amide bonds. The molecule has 0 bridgehead atoms. The van der Waals surface area contributed by atoms with E-state index in [1.165, 1.54) is 0 Å². The van der Waals surface area contributed by atoms with Gasteiger partial charge in [-0.15, -0.1) is 0 Å². The smallest absolute Gasteiger partial charge is 0.133 e. The number of nitrogens with zero attached hydrogens (tertiary/aromatic N) is 1. The Balaban J connectivity index is 2.40. The highest BCUT2D eigenvalue weighted by atomic mass is 16.5. The minimum atomic E-state index is 0.000757. The van der Waals surface area contributed by atoms with Crippen LogP contribution >= 0.6 is 0 Å². The zero-order valence-corrected chi connectivity index (χ0v) is 9.34. The summed E-state index contributed by atoms with van der Waals surface area (Å²) < 4.78 is 5.07. The van der Waals surface area contributed by atoms with E-state index in [0.717, 1.165) is 16.9 Å². The van der Waals surface area contributed by atoms with Crippen LogP contribution in [-0.4, -0.2) is 12.2 Å². The Kier molecular flexibility index (Phi) is 2.97. The van der Waals surface area contributed by atoms with E-state index in [9.17, 15) is 5.11 Å². The van der Waals surface area contributed by atoms with Gasteiger partial charge in [0, 0.05) is 0 Å². The molecule has 0 radical (unpaired) electrons. The molecule has 84 valence electrons. The van der Waals surface area contributed by atoms with Crippen LogP contribution in [0.5, 0.6) is 11.5 Å². The zero-order valence-electron chi connectivity index (χ0n) is 9.34. The number of phenolic OH excluding ortho intramolecular Hbond substituents is 1. The molecular weight excluding hydrogens is 214 g/mol. The molecule has 2 aromatic carbocycles. The number of ether oxygens (including phenoxy) is 1. The molecule has 0 unspecified atom stereocenters. The number of nitriles is 1. The van der Waals surface area contributed by atoms with E-state index in [2.05, 4.69) is 0 Å². The first-order chi connectivity index (χ1) is 8.24. The molecule has 1 N–H and O–H groups in total. The Hall–Kier alpha value is -2.47. The standard InChI is InChI=1S/C14H11NO2/c1-17-13-6-4-10(5-7-13)11-2-3-12(9-15)14(16)8-11/h2-8,16H,1H3. The third kappa shape index (κ3) is 2.21. The fourth-order valence-electron chi connectivity index (χ4n) is 1.59. The van der Waals surface area contributed by atoms with Crippen molar-refractivity contribution in [3.63, 3.8) is 0 Å². The summed E-state index contributed by atoms with van der Waals surface area (Å²) in [5.41, 5.74) is 2.11. The molecule has 0 aromatic heterocycles. The predicted molar refractivity (Wildman–Crippen MR) is 64.8 cm³/mol. The van der Waals surface area contributed by atoms with E-state index in [0.29, 0.717) is 0 Å². The number of hydrogen-bond acceptors (Lipinski definition) is 3. The van der Waals surface area contributed by atoms with E-state index >= 15 is 0 Å². The Morgan fingerprint density at radius 3 is 2.24 bits per heavy atom. The van der Waals surface area contributed by atoms with Crippen molar-refractivity contribution in [1.29, 1.82) is 5.26 Å². The molecule has 0 saturated heterocycles. The maximum Gasteiger partial charge on any atom is 0.133 e. The van der Waals surface area contributed by atoms with Crippen LogP contribution in [0.2, 0.25) is 0 Å². The van der Waals surface area contributed by atoms with Crippen molar-refractivity contribution in [3.8, 4) is 28.7 Å². The van der Waals surface area contributed by atoms with Crippen LogP contribution in [0.4, 0.5) is 0 Å². The number of phenols is 1. The lowest BCUT2D eigenvalue weighted by Gasteiger charge is -2.05. The lowest BCUT2D eigenvalue weighted by Crippen LogP contribution is -1.83. The number of methoxy groups -OCH3 is 1. The van der Waals surface area contributed by atoms with Gasteiger partial charge in [-0.25, -0.2) is 0 Å². The lowest BCUT2D eigenvalue weighted by molar-refractivity contribution is 0.415. The van der Waals surface area contributed by atoms with Gasteiger partial charge >= 0.3 is 0 Å². The number of hydrogen-bond donors (Lipinski definition) is 1. The van der Waals surface area contributed by atoms with Crippen LogP contribution in [0, 0.1) is 11.3 Å². The van der Waals surface area contributed by atoms with Crippen molar-refractivity contribution >= 4 is 0 Å². The van der Waals surface area contributed by atoms with E-state index in [4.69, 9.17) is 10.00 Å². The van der Waals surface area contributed by atoms with Gasteiger partial charge in [0.2, 0.25) is 0 Å². The summed E-state index contributed by atoms with van der Waals surface area (Å²) in [4.78, 5) is 0. The minimum absolute atomic E-state index is 0.000757. The molecule has 3 nitrogen and oxygen atoms in total. The quantitative estimate of drug-likeness (QED) is 0.854. The molecule has 17 heavy (non-hydrogen) atoms. The van der Waals surface area contributed by atoms with Gasteiger partial charge in [0.15, 0.2) is 0 Å². The van der Waals surface area contributed by atoms with Crippen molar-refractivity contribution < 1.29 is 9.84 Å². The average molecular weight is 225 g/mol. The summed E-state index contributed by atoms with van der Waals surface area (Å²) >= 11 is 0. The summed E-state index contributed by atoms with van der Waals surface area (Å²) in [6.45, 7) is 0. The molecule has 0 aliphatic heterocycles. The monoisotopic (exact) mass is 225 g/mol. The van der Waals surface area contributed by atoms with Gasteiger partial charge in [-0.1, -0.05) is 18.2 Å². The molecule has 0 atom stereocenters. The largest absolute Gasteiger partial charge is 0.507 e. The van der Waals surface area contributed by atoms with Gasteiger partial charge in [-0.2, -0.15) is 5.26 Å². The first-order valence-electron chi connectivity index (χ1n) is 5.12.